The molecule has 0 amide bonds. The summed E-state index contributed by atoms with van der Waals surface area (Å²) in [5.41, 5.74) is 3.52. The molecule has 0 unspecified atom stereocenters. The van der Waals surface area contributed by atoms with Crippen LogP contribution in [-0.2, 0) is 11.3 Å². The molecule has 0 radical (unpaired) electrons. The van der Waals surface area contributed by atoms with Gasteiger partial charge in [0.05, 0.1) is 18.0 Å². The van der Waals surface area contributed by atoms with Crippen LogP contribution in [0.4, 0.5) is 11.4 Å². The third-order valence-corrected chi connectivity index (χ3v) is 4.07. The molecular weight excluding hydrogens is 352 g/mol. The molecule has 0 atom stereocenters. The van der Waals surface area contributed by atoms with E-state index in [9.17, 15) is 10.2 Å². The van der Waals surface area contributed by atoms with Crippen LogP contribution in [0.3, 0.4) is 0 Å². The van der Waals surface area contributed by atoms with Crippen LogP contribution >= 0.6 is 0 Å². The Kier molecular flexibility index (Phi) is 6.54. The second-order valence-electron chi connectivity index (χ2n) is 6.09. The van der Waals surface area contributed by atoms with Gasteiger partial charge in [0.1, 0.15) is 11.5 Å². The number of hydrogen-bond acceptors (Lipinski definition) is 5. The van der Waals surface area contributed by atoms with E-state index in [-0.39, 0.29) is 11.5 Å². The van der Waals surface area contributed by atoms with E-state index in [2.05, 4.69) is 9.98 Å². The van der Waals surface area contributed by atoms with Gasteiger partial charge in [-0.3, -0.25) is 9.98 Å². The molecule has 3 aromatic rings. The van der Waals surface area contributed by atoms with Gasteiger partial charge in [-0.25, -0.2) is 0 Å². The minimum Gasteiger partial charge on any atom is -0.507 e. The summed E-state index contributed by atoms with van der Waals surface area (Å²) < 4.78 is 5.41. The van der Waals surface area contributed by atoms with E-state index in [0.29, 0.717) is 35.7 Å². The fourth-order valence-electron chi connectivity index (χ4n) is 2.57. The second-order valence-corrected chi connectivity index (χ2v) is 6.09. The van der Waals surface area contributed by atoms with Gasteiger partial charge in [0.2, 0.25) is 0 Å². The van der Waals surface area contributed by atoms with E-state index in [4.69, 9.17) is 4.74 Å². The zero-order chi connectivity index (χ0) is 19.8. The molecule has 142 valence electrons. The predicted octanol–water partition coefficient (Wildman–Crippen LogP) is 5.14. The van der Waals surface area contributed by atoms with Gasteiger partial charge in [0.15, 0.2) is 0 Å². The molecule has 0 bridgehead atoms. The number of aromatic hydroxyl groups is 2. The van der Waals surface area contributed by atoms with Gasteiger partial charge in [0, 0.05) is 30.2 Å². The first kappa shape index (κ1) is 19.3. The Labute approximate surface area is 164 Å². The van der Waals surface area contributed by atoms with Crippen molar-refractivity contribution in [2.45, 2.75) is 13.5 Å². The quantitative estimate of drug-likeness (QED) is 0.563. The molecule has 2 N–H and O–H groups in total. The second kappa shape index (κ2) is 9.48. The van der Waals surface area contributed by atoms with E-state index < -0.39 is 0 Å². The summed E-state index contributed by atoms with van der Waals surface area (Å²) in [5, 5.41) is 20.0. The van der Waals surface area contributed by atoms with E-state index in [1.807, 2.05) is 49.4 Å². The molecule has 0 aliphatic heterocycles. The molecule has 0 fully saturated rings. The first-order valence-corrected chi connectivity index (χ1v) is 9.02. The average molecular weight is 374 g/mol. The van der Waals surface area contributed by atoms with Crippen LogP contribution in [-0.4, -0.2) is 29.2 Å². The van der Waals surface area contributed by atoms with Gasteiger partial charge in [-0.15, -0.1) is 0 Å². The van der Waals surface area contributed by atoms with Gasteiger partial charge in [-0.05, 0) is 48.9 Å². The molecule has 0 heterocycles. The molecular formula is C23H22N2O3. The molecule has 0 aliphatic carbocycles. The first-order valence-electron chi connectivity index (χ1n) is 9.02. The molecule has 5 heteroatoms. The average Bonchev–Trinajstić information content (AvgIpc) is 2.72. The minimum atomic E-state index is 0.152. The third-order valence-electron chi connectivity index (χ3n) is 4.07. The normalized spacial score (nSPS) is 11.5. The lowest BCUT2D eigenvalue weighted by molar-refractivity contribution is 0.134. The number of nitrogens with zero attached hydrogens (tertiary/aromatic N) is 2. The Morgan fingerprint density at radius 3 is 2.07 bits per heavy atom. The Bertz CT molecular complexity index is 997. The number of rotatable bonds is 7. The minimum absolute atomic E-state index is 0.152. The molecule has 0 saturated heterocycles. The van der Waals surface area contributed by atoms with Crippen LogP contribution in [0, 0.1) is 0 Å². The maximum Gasteiger partial charge on any atom is 0.124 e. The fourth-order valence-corrected chi connectivity index (χ4v) is 2.57. The van der Waals surface area contributed by atoms with E-state index >= 15 is 0 Å². The smallest absolute Gasteiger partial charge is 0.124 e. The lowest BCUT2D eigenvalue weighted by Gasteiger charge is -2.05. The summed E-state index contributed by atoms with van der Waals surface area (Å²) >= 11 is 0. The fraction of sp³-hybridized carbons (Fsp3) is 0.130. The van der Waals surface area contributed by atoms with Crippen molar-refractivity contribution in [2.24, 2.45) is 9.98 Å². The highest BCUT2D eigenvalue weighted by atomic mass is 16.5. The summed E-state index contributed by atoms with van der Waals surface area (Å²) in [7, 11) is 0. The van der Waals surface area contributed by atoms with Crippen LogP contribution in [0.2, 0.25) is 0 Å². The van der Waals surface area contributed by atoms with Crippen molar-refractivity contribution in [2.75, 3.05) is 6.61 Å². The SMILES string of the molecule is CCOCc1ccc(O)c(C=Nc2ccccc2N=Cc2ccccc2O)c1. The summed E-state index contributed by atoms with van der Waals surface area (Å²) in [6, 6.07) is 19.7. The lowest BCUT2D eigenvalue weighted by atomic mass is 10.1. The number of phenolic OH excluding ortho intramolecular Hbond substituents is 2. The number of ether oxygens (including phenoxy) is 1. The molecule has 5 nitrogen and oxygen atoms in total. The maximum atomic E-state index is 10.1. The Morgan fingerprint density at radius 1 is 0.786 bits per heavy atom. The van der Waals surface area contributed by atoms with E-state index in [1.54, 1.807) is 36.7 Å². The number of benzene rings is 3. The number of hydrogen-bond donors (Lipinski definition) is 2. The summed E-state index contributed by atoms with van der Waals surface area (Å²) in [5.74, 6) is 0.322. The molecule has 0 spiro atoms. The van der Waals surface area contributed by atoms with Gasteiger partial charge in [0.25, 0.3) is 0 Å². The van der Waals surface area contributed by atoms with Crippen molar-refractivity contribution in [3.63, 3.8) is 0 Å². The summed E-state index contributed by atoms with van der Waals surface area (Å²) in [6.45, 7) is 3.06. The van der Waals surface area contributed by atoms with Crippen molar-refractivity contribution in [3.8, 4) is 11.5 Å². The van der Waals surface area contributed by atoms with E-state index in [0.717, 1.165) is 5.56 Å². The summed E-state index contributed by atoms with van der Waals surface area (Å²) in [6.07, 6.45) is 3.21. The highest BCUT2D eigenvalue weighted by Crippen LogP contribution is 2.28. The van der Waals surface area contributed by atoms with Crippen molar-refractivity contribution in [1.29, 1.82) is 0 Å². The number of aliphatic imine (C=N–C) groups is 2. The van der Waals surface area contributed by atoms with Crippen molar-refractivity contribution in [1.82, 2.24) is 0 Å². The zero-order valence-corrected chi connectivity index (χ0v) is 15.6. The first-order chi connectivity index (χ1) is 13.7. The molecule has 0 aromatic heterocycles. The highest BCUT2D eigenvalue weighted by Gasteiger charge is 2.03. The van der Waals surface area contributed by atoms with Crippen molar-refractivity contribution in [3.05, 3.63) is 83.4 Å². The Balaban J connectivity index is 1.85. The molecule has 3 aromatic carbocycles. The molecule has 0 aliphatic rings. The van der Waals surface area contributed by atoms with Crippen LogP contribution in [0.1, 0.15) is 23.6 Å². The van der Waals surface area contributed by atoms with Gasteiger partial charge < -0.3 is 14.9 Å². The number of phenols is 2. The Hall–Kier alpha value is -3.44. The lowest BCUT2D eigenvalue weighted by Crippen LogP contribution is -1.93. The van der Waals surface area contributed by atoms with Crippen LogP contribution in [0.5, 0.6) is 11.5 Å². The standard InChI is InChI=1S/C23H22N2O3/c1-2-28-16-17-11-12-23(27)19(13-17)15-25-21-9-5-4-8-20(21)24-14-18-7-3-6-10-22(18)26/h3-15,26-27H,2,16H2,1H3. The highest BCUT2D eigenvalue weighted by molar-refractivity contribution is 5.89. The van der Waals surface area contributed by atoms with E-state index in [1.165, 1.54) is 0 Å². The van der Waals surface area contributed by atoms with Crippen LogP contribution in [0.15, 0.2) is 76.7 Å². The maximum absolute atomic E-state index is 10.1. The van der Waals surface area contributed by atoms with Crippen LogP contribution < -0.4 is 0 Å². The van der Waals surface area contributed by atoms with Gasteiger partial charge in [-0.2, -0.15) is 0 Å². The topological polar surface area (TPSA) is 74.4 Å². The molecule has 28 heavy (non-hydrogen) atoms. The third kappa shape index (κ3) is 5.05. The van der Waals surface area contributed by atoms with Crippen LogP contribution in [0.25, 0.3) is 0 Å². The monoisotopic (exact) mass is 374 g/mol. The van der Waals surface area contributed by atoms with Gasteiger partial charge >= 0.3 is 0 Å². The molecule has 0 saturated carbocycles. The largest absolute Gasteiger partial charge is 0.507 e. The Morgan fingerprint density at radius 2 is 1.39 bits per heavy atom. The van der Waals surface area contributed by atoms with Crippen molar-refractivity contribution >= 4 is 23.8 Å². The van der Waals surface area contributed by atoms with Crippen molar-refractivity contribution < 1.29 is 14.9 Å². The predicted molar refractivity (Wildman–Crippen MR) is 112 cm³/mol. The zero-order valence-electron chi connectivity index (χ0n) is 15.6. The number of para-hydroxylation sites is 3. The molecule has 3 rings (SSSR count). The summed E-state index contributed by atoms with van der Waals surface area (Å²) in [4.78, 5) is 8.94. The van der Waals surface area contributed by atoms with Gasteiger partial charge in [-0.1, -0.05) is 30.3 Å².